The van der Waals surface area contributed by atoms with E-state index in [1.807, 2.05) is 30.9 Å². The van der Waals surface area contributed by atoms with Gasteiger partial charge in [0.05, 0.1) is 0 Å². The molecule has 0 aliphatic carbocycles. The fourth-order valence-corrected chi connectivity index (χ4v) is 3.20. The summed E-state index contributed by atoms with van der Waals surface area (Å²) in [5.41, 5.74) is 2.07. The van der Waals surface area contributed by atoms with Crippen molar-refractivity contribution in [1.82, 2.24) is 10.2 Å². The highest BCUT2D eigenvalue weighted by Crippen LogP contribution is 2.21. The smallest absolute Gasteiger partial charge is 0.321 e. The average molecular weight is 376 g/mol. The van der Waals surface area contributed by atoms with Crippen LogP contribution in [0.25, 0.3) is 0 Å². The van der Waals surface area contributed by atoms with Gasteiger partial charge in [-0.25, -0.2) is 4.79 Å². The Bertz CT molecular complexity index is 640. The summed E-state index contributed by atoms with van der Waals surface area (Å²) in [5, 5.41) is 5.92. The number of anilines is 1. The monoisotopic (exact) mass is 375 g/mol. The van der Waals surface area contributed by atoms with E-state index in [2.05, 4.69) is 24.5 Å². The van der Waals surface area contributed by atoms with Crippen LogP contribution in [-0.4, -0.2) is 49.7 Å². The molecule has 0 saturated carbocycles. The van der Waals surface area contributed by atoms with Gasteiger partial charge in [0.1, 0.15) is 0 Å². The quantitative estimate of drug-likeness (QED) is 0.764. The van der Waals surface area contributed by atoms with Crippen LogP contribution in [0, 0.1) is 18.8 Å². The molecule has 1 heterocycles. The molecule has 0 aromatic heterocycles. The Morgan fingerprint density at radius 1 is 1.26 bits per heavy atom. The number of benzene rings is 1. The van der Waals surface area contributed by atoms with Crippen molar-refractivity contribution in [3.63, 3.8) is 0 Å². The summed E-state index contributed by atoms with van der Waals surface area (Å²) in [6.07, 6.45) is 1.99. The molecule has 0 bridgehead atoms. The molecule has 6 nitrogen and oxygen atoms in total. The lowest BCUT2D eigenvalue weighted by atomic mass is 10.00. The summed E-state index contributed by atoms with van der Waals surface area (Å²) in [6.45, 7) is 11.5. The normalized spacial score (nSPS) is 14.9. The van der Waals surface area contributed by atoms with Gasteiger partial charge in [0.25, 0.3) is 5.91 Å². The summed E-state index contributed by atoms with van der Waals surface area (Å²) in [7, 11) is 0. The highest BCUT2D eigenvalue weighted by molar-refractivity contribution is 5.99. The van der Waals surface area contributed by atoms with Gasteiger partial charge in [-0.05, 0) is 56.2 Å². The van der Waals surface area contributed by atoms with Gasteiger partial charge in [-0.2, -0.15) is 0 Å². The van der Waals surface area contributed by atoms with Gasteiger partial charge in [-0.15, -0.1) is 0 Å². The molecular formula is C21H33N3O3. The van der Waals surface area contributed by atoms with E-state index in [0.29, 0.717) is 36.2 Å². The second-order valence-electron chi connectivity index (χ2n) is 7.61. The van der Waals surface area contributed by atoms with Crippen molar-refractivity contribution >= 4 is 17.6 Å². The van der Waals surface area contributed by atoms with E-state index in [-0.39, 0.29) is 11.9 Å². The van der Waals surface area contributed by atoms with Crippen LogP contribution in [0.5, 0.6) is 0 Å². The highest BCUT2D eigenvalue weighted by atomic mass is 16.5. The molecule has 1 fully saturated rings. The Morgan fingerprint density at radius 2 is 1.96 bits per heavy atom. The molecule has 6 heteroatoms. The molecule has 3 amide bonds. The van der Waals surface area contributed by atoms with Crippen LogP contribution in [0.1, 0.15) is 49.5 Å². The zero-order chi connectivity index (χ0) is 19.8. The van der Waals surface area contributed by atoms with Gasteiger partial charge in [0.2, 0.25) is 0 Å². The second kappa shape index (κ2) is 10.3. The number of hydrogen-bond donors (Lipinski definition) is 2. The maximum absolute atomic E-state index is 12.7. The van der Waals surface area contributed by atoms with Crippen molar-refractivity contribution in [1.29, 1.82) is 0 Å². The zero-order valence-electron chi connectivity index (χ0n) is 17.0. The van der Waals surface area contributed by atoms with Crippen molar-refractivity contribution in [2.75, 3.05) is 38.2 Å². The first-order valence-corrected chi connectivity index (χ1v) is 9.93. The van der Waals surface area contributed by atoms with Gasteiger partial charge >= 0.3 is 6.03 Å². The fraction of sp³-hybridized carbons (Fsp3) is 0.619. The van der Waals surface area contributed by atoms with Gasteiger partial charge in [0, 0.05) is 44.1 Å². The predicted molar refractivity (Wildman–Crippen MR) is 108 cm³/mol. The fourth-order valence-electron chi connectivity index (χ4n) is 3.20. The molecule has 0 radical (unpaired) electrons. The molecular weight excluding hydrogens is 342 g/mol. The average Bonchev–Trinajstić information content (AvgIpc) is 2.66. The van der Waals surface area contributed by atoms with E-state index in [0.717, 1.165) is 38.2 Å². The number of amides is 3. The minimum atomic E-state index is -0.119. The number of carbonyl (C=O) groups is 2. The zero-order valence-corrected chi connectivity index (χ0v) is 17.0. The molecule has 27 heavy (non-hydrogen) atoms. The standard InChI is InChI=1S/C21H33N3O3/c1-5-24(14-17-9-11-27-12-10-17)21(26)23-19-8-6-7-18(16(19)4)20(25)22-13-15(2)3/h6-8,15,17H,5,9-14H2,1-4H3,(H,22,25)(H,23,26). The number of rotatable bonds is 7. The lowest BCUT2D eigenvalue weighted by Gasteiger charge is -2.29. The molecule has 1 saturated heterocycles. The van der Waals surface area contributed by atoms with Crippen molar-refractivity contribution < 1.29 is 14.3 Å². The van der Waals surface area contributed by atoms with Gasteiger partial charge in [-0.1, -0.05) is 19.9 Å². The van der Waals surface area contributed by atoms with E-state index in [1.165, 1.54) is 0 Å². The van der Waals surface area contributed by atoms with Crippen molar-refractivity contribution in [2.45, 2.75) is 40.5 Å². The highest BCUT2D eigenvalue weighted by Gasteiger charge is 2.21. The molecule has 1 aromatic carbocycles. The first-order valence-electron chi connectivity index (χ1n) is 9.93. The number of hydrogen-bond acceptors (Lipinski definition) is 3. The Balaban J connectivity index is 2.03. The van der Waals surface area contributed by atoms with Gasteiger partial charge in [-0.3, -0.25) is 4.79 Å². The Kier molecular flexibility index (Phi) is 8.10. The molecule has 2 N–H and O–H groups in total. The maximum Gasteiger partial charge on any atom is 0.321 e. The van der Waals surface area contributed by atoms with Crippen LogP contribution in [0.4, 0.5) is 10.5 Å². The summed E-state index contributed by atoms with van der Waals surface area (Å²) in [5.74, 6) is 0.769. The third-order valence-electron chi connectivity index (χ3n) is 4.98. The molecule has 1 aliphatic heterocycles. The second-order valence-corrected chi connectivity index (χ2v) is 7.61. The van der Waals surface area contributed by atoms with Gasteiger partial charge in [0.15, 0.2) is 0 Å². The summed E-state index contributed by atoms with van der Waals surface area (Å²) >= 11 is 0. The van der Waals surface area contributed by atoms with Crippen LogP contribution in [-0.2, 0) is 4.74 Å². The lowest BCUT2D eigenvalue weighted by Crippen LogP contribution is -2.39. The van der Waals surface area contributed by atoms with Crippen LogP contribution in [0.3, 0.4) is 0 Å². The van der Waals surface area contributed by atoms with E-state index >= 15 is 0 Å². The first kappa shape index (κ1) is 21.2. The Labute approximate surface area is 162 Å². The number of ether oxygens (including phenoxy) is 1. The summed E-state index contributed by atoms with van der Waals surface area (Å²) < 4.78 is 5.40. The van der Waals surface area contributed by atoms with Crippen LogP contribution < -0.4 is 10.6 Å². The predicted octanol–water partition coefficient (Wildman–Crippen LogP) is 3.66. The Hall–Kier alpha value is -2.08. The number of nitrogens with zero attached hydrogens (tertiary/aromatic N) is 1. The van der Waals surface area contributed by atoms with E-state index in [1.54, 1.807) is 6.07 Å². The van der Waals surface area contributed by atoms with E-state index in [4.69, 9.17) is 4.74 Å². The molecule has 1 aliphatic rings. The maximum atomic E-state index is 12.7. The molecule has 2 rings (SSSR count). The number of carbonyl (C=O) groups excluding carboxylic acids is 2. The SMILES string of the molecule is CCN(CC1CCOCC1)C(=O)Nc1cccc(C(=O)NCC(C)C)c1C. The van der Waals surface area contributed by atoms with Crippen LogP contribution in [0.2, 0.25) is 0 Å². The topological polar surface area (TPSA) is 70.7 Å². The minimum absolute atomic E-state index is 0.105. The number of urea groups is 1. The lowest BCUT2D eigenvalue weighted by molar-refractivity contribution is 0.0576. The molecule has 0 spiro atoms. The van der Waals surface area contributed by atoms with Crippen molar-refractivity contribution in [3.05, 3.63) is 29.3 Å². The third-order valence-corrected chi connectivity index (χ3v) is 4.98. The molecule has 0 unspecified atom stereocenters. The Morgan fingerprint density at radius 3 is 2.59 bits per heavy atom. The van der Waals surface area contributed by atoms with Crippen LogP contribution in [0.15, 0.2) is 18.2 Å². The molecule has 150 valence electrons. The summed E-state index contributed by atoms with van der Waals surface area (Å²) in [6, 6.07) is 5.32. The molecule has 1 aromatic rings. The van der Waals surface area contributed by atoms with Crippen LogP contribution >= 0.6 is 0 Å². The van der Waals surface area contributed by atoms with Crippen molar-refractivity contribution in [2.24, 2.45) is 11.8 Å². The van der Waals surface area contributed by atoms with E-state index < -0.39 is 0 Å². The molecule has 0 atom stereocenters. The van der Waals surface area contributed by atoms with Crippen molar-refractivity contribution in [3.8, 4) is 0 Å². The third kappa shape index (κ3) is 6.24. The largest absolute Gasteiger partial charge is 0.381 e. The van der Waals surface area contributed by atoms with Gasteiger partial charge < -0.3 is 20.3 Å². The first-order chi connectivity index (χ1) is 12.9. The minimum Gasteiger partial charge on any atom is -0.381 e. The van der Waals surface area contributed by atoms with E-state index in [9.17, 15) is 9.59 Å². The summed E-state index contributed by atoms with van der Waals surface area (Å²) in [4.78, 5) is 27.0. The number of nitrogens with one attached hydrogen (secondary N) is 2.